The highest BCUT2D eigenvalue weighted by atomic mass is 32.1. The van der Waals surface area contributed by atoms with Gasteiger partial charge in [0.2, 0.25) is 0 Å². The first-order valence-corrected chi connectivity index (χ1v) is 3.08. The summed E-state index contributed by atoms with van der Waals surface area (Å²) < 4.78 is 4.54. The van der Waals surface area contributed by atoms with Crippen molar-refractivity contribution in [3.8, 4) is 0 Å². The van der Waals surface area contributed by atoms with Gasteiger partial charge in [-0.1, -0.05) is 12.6 Å². The number of hydrogen-bond donors (Lipinski definition) is 1. The highest BCUT2D eigenvalue weighted by molar-refractivity contribution is 7.96. The maximum absolute atomic E-state index is 10.0. The van der Waals surface area contributed by atoms with E-state index in [1.54, 1.807) is 0 Å². The van der Waals surface area contributed by atoms with Crippen molar-refractivity contribution in [3.05, 3.63) is 0 Å². The Kier molecular flexibility index (Phi) is 4.53. The molecular weight excluding hydrogens is 138 g/mol. The molecule has 3 nitrogen and oxygen atoms in total. The number of hydrogen-bond acceptors (Lipinski definition) is 3. The van der Waals surface area contributed by atoms with Gasteiger partial charge in [0.25, 0.3) is 0 Å². The van der Waals surface area contributed by atoms with Gasteiger partial charge >= 0.3 is 5.30 Å². The molecule has 0 aromatic heterocycles. The molecule has 0 amide bonds. The van der Waals surface area contributed by atoms with Crippen molar-refractivity contribution in [2.75, 3.05) is 27.2 Å². The molecule has 0 aromatic rings. The number of carbonyl (C=O) groups is 1. The van der Waals surface area contributed by atoms with Crippen LogP contribution in [0.5, 0.6) is 0 Å². The smallest absolute Gasteiger partial charge is 0.364 e. The molecule has 0 rings (SSSR count). The first-order chi connectivity index (χ1) is 4.13. The Hall–Kier alpha value is -0.220. The average molecular weight is 149 g/mol. The van der Waals surface area contributed by atoms with E-state index in [2.05, 4.69) is 17.4 Å². The second-order valence-corrected chi connectivity index (χ2v) is 2.28. The summed E-state index contributed by atoms with van der Waals surface area (Å²) in [5.74, 6) is 0. The maximum Gasteiger partial charge on any atom is 0.364 e. The molecule has 0 heterocycles. The lowest BCUT2D eigenvalue weighted by molar-refractivity contribution is 0.164. The molecule has 0 unspecified atom stereocenters. The SMILES string of the molecule is CN(C)CCOC(=O)S. The van der Waals surface area contributed by atoms with Crippen LogP contribution >= 0.6 is 12.6 Å². The zero-order valence-electron chi connectivity index (χ0n) is 5.63. The summed E-state index contributed by atoms with van der Waals surface area (Å²) in [5, 5.41) is -0.517. The lowest BCUT2D eigenvalue weighted by Gasteiger charge is -2.07. The molecule has 0 saturated carbocycles. The molecule has 0 bridgehead atoms. The van der Waals surface area contributed by atoms with E-state index in [-0.39, 0.29) is 0 Å². The molecule has 0 aliphatic heterocycles. The molecule has 0 fully saturated rings. The summed E-state index contributed by atoms with van der Waals surface area (Å²) in [6, 6.07) is 0. The lowest BCUT2D eigenvalue weighted by atomic mass is 10.6. The van der Waals surface area contributed by atoms with Crippen LogP contribution in [-0.2, 0) is 4.74 Å². The normalized spacial score (nSPS) is 9.78. The quantitative estimate of drug-likeness (QED) is 0.471. The van der Waals surface area contributed by atoms with Crippen LogP contribution < -0.4 is 0 Å². The van der Waals surface area contributed by atoms with E-state index in [0.29, 0.717) is 6.61 Å². The number of rotatable bonds is 3. The predicted octanol–water partition coefficient (Wildman–Crippen LogP) is 0.614. The van der Waals surface area contributed by atoms with Crippen LogP contribution in [0, 0.1) is 0 Å². The average Bonchev–Trinajstić information content (AvgIpc) is 1.63. The highest BCUT2D eigenvalue weighted by Crippen LogP contribution is 1.85. The first-order valence-electron chi connectivity index (χ1n) is 2.63. The van der Waals surface area contributed by atoms with Crippen molar-refractivity contribution in [2.45, 2.75) is 0 Å². The highest BCUT2D eigenvalue weighted by Gasteiger charge is 1.93. The Morgan fingerprint density at radius 3 is 2.56 bits per heavy atom. The van der Waals surface area contributed by atoms with E-state index < -0.39 is 5.30 Å². The van der Waals surface area contributed by atoms with Gasteiger partial charge in [-0.05, 0) is 14.1 Å². The van der Waals surface area contributed by atoms with Gasteiger partial charge in [-0.2, -0.15) is 0 Å². The zero-order valence-corrected chi connectivity index (χ0v) is 6.52. The van der Waals surface area contributed by atoms with E-state index in [0.717, 1.165) is 6.54 Å². The molecule has 0 radical (unpaired) electrons. The van der Waals surface area contributed by atoms with Gasteiger partial charge in [0.05, 0.1) is 0 Å². The van der Waals surface area contributed by atoms with Crippen molar-refractivity contribution in [3.63, 3.8) is 0 Å². The van der Waals surface area contributed by atoms with Crippen LogP contribution in [0.25, 0.3) is 0 Å². The van der Waals surface area contributed by atoms with Crippen molar-refractivity contribution in [1.29, 1.82) is 0 Å². The van der Waals surface area contributed by atoms with Gasteiger partial charge < -0.3 is 9.64 Å². The summed E-state index contributed by atoms with van der Waals surface area (Å²) >= 11 is 3.42. The second-order valence-electron chi connectivity index (χ2n) is 1.92. The molecule has 9 heavy (non-hydrogen) atoms. The molecule has 0 aromatic carbocycles. The molecule has 0 aliphatic carbocycles. The van der Waals surface area contributed by atoms with Gasteiger partial charge in [0, 0.05) is 6.54 Å². The molecular formula is C5H11NO2S. The van der Waals surface area contributed by atoms with Gasteiger partial charge in [0.15, 0.2) is 0 Å². The van der Waals surface area contributed by atoms with Crippen LogP contribution in [0.3, 0.4) is 0 Å². The van der Waals surface area contributed by atoms with Crippen molar-refractivity contribution in [1.82, 2.24) is 4.90 Å². The van der Waals surface area contributed by atoms with Crippen LogP contribution in [0.1, 0.15) is 0 Å². The first kappa shape index (κ1) is 8.78. The second kappa shape index (κ2) is 4.64. The van der Waals surface area contributed by atoms with Gasteiger partial charge in [-0.3, -0.25) is 0 Å². The number of likely N-dealkylation sites (N-methyl/N-ethyl adjacent to an activating group) is 1. The fraction of sp³-hybridized carbons (Fsp3) is 0.800. The van der Waals surface area contributed by atoms with Crippen molar-refractivity contribution >= 4 is 17.9 Å². The monoisotopic (exact) mass is 149 g/mol. The fourth-order valence-corrected chi connectivity index (χ4v) is 0.407. The lowest BCUT2D eigenvalue weighted by Crippen LogP contribution is -2.18. The molecule has 0 N–H and O–H groups in total. The topological polar surface area (TPSA) is 29.5 Å². The van der Waals surface area contributed by atoms with Crippen molar-refractivity contribution in [2.24, 2.45) is 0 Å². The van der Waals surface area contributed by atoms with Gasteiger partial charge in [0.1, 0.15) is 6.61 Å². The Labute approximate surface area is 60.4 Å². The largest absolute Gasteiger partial charge is 0.456 e. The summed E-state index contributed by atoms with van der Waals surface area (Å²) in [7, 11) is 3.82. The Bertz CT molecular complexity index is 95.0. The fourth-order valence-electron chi connectivity index (χ4n) is 0.316. The summed E-state index contributed by atoms with van der Waals surface area (Å²) in [6.07, 6.45) is 0. The standard InChI is InChI=1S/C5H11NO2S/c1-6(2)3-4-8-5(7)9/h3-4H2,1-2H3,(H,7,9). The number of thiol groups is 1. The molecule has 4 heteroatoms. The predicted molar refractivity (Wildman–Crippen MR) is 38.9 cm³/mol. The molecule has 0 spiro atoms. The Morgan fingerprint density at radius 1 is 1.67 bits per heavy atom. The maximum atomic E-state index is 10.0. The van der Waals surface area contributed by atoms with Crippen LogP contribution in [0.2, 0.25) is 0 Å². The minimum Gasteiger partial charge on any atom is -0.456 e. The van der Waals surface area contributed by atoms with E-state index >= 15 is 0 Å². The van der Waals surface area contributed by atoms with Gasteiger partial charge in [-0.25, -0.2) is 4.79 Å². The van der Waals surface area contributed by atoms with Crippen LogP contribution in [0.4, 0.5) is 4.79 Å². The van der Waals surface area contributed by atoms with Crippen LogP contribution in [-0.4, -0.2) is 37.4 Å². The van der Waals surface area contributed by atoms with Crippen molar-refractivity contribution < 1.29 is 9.53 Å². The van der Waals surface area contributed by atoms with E-state index in [1.165, 1.54) is 0 Å². The summed E-state index contributed by atoms with van der Waals surface area (Å²) in [6.45, 7) is 1.15. The van der Waals surface area contributed by atoms with Gasteiger partial charge in [-0.15, -0.1) is 0 Å². The van der Waals surface area contributed by atoms with E-state index in [9.17, 15) is 4.79 Å². The number of nitrogens with zero attached hydrogens (tertiary/aromatic N) is 1. The molecule has 0 saturated heterocycles. The summed E-state index contributed by atoms with van der Waals surface area (Å²) in [5.41, 5.74) is 0. The van der Waals surface area contributed by atoms with Crippen LogP contribution in [0.15, 0.2) is 0 Å². The van der Waals surface area contributed by atoms with E-state index in [4.69, 9.17) is 0 Å². The minimum absolute atomic E-state index is 0.412. The molecule has 0 aliphatic rings. The number of ether oxygens (including phenoxy) is 1. The summed E-state index contributed by atoms with van der Waals surface area (Å²) in [4.78, 5) is 12.0. The Morgan fingerprint density at radius 2 is 2.22 bits per heavy atom. The molecule has 0 atom stereocenters. The third-order valence-electron chi connectivity index (χ3n) is 0.764. The third-order valence-corrected chi connectivity index (χ3v) is 0.893. The number of carbonyl (C=O) groups excluding carboxylic acids is 1. The van der Waals surface area contributed by atoms with E-state index in [1.807, 2.05) is 19.0 Å². The third kappa shape index (κ3) is 7.78. The minimum atomic E-state index is -0.517. The Balaban J connectivity index is 3.01. The zero-order chi connectivity index (χ0) is 7.28. The molecule has 54 valence electrons.